The molecule has 1 unspecified atom stereocenters. The predicted molar refractivity (Wildman–Crippen MR) is 69.3 cm³/mol. The van der Waals surface area contributed by atoms with Gasteiger partial charge >= 0.3 is 5.97 Å². The van der Waals surface area contributed by atoms with Crippen LogP contribution < -0.4 is 11.1 Å². The Morgan fingerprint density at radius 1 is 1.33 bits per heavy atom. The fourth-order valence-electron chi connectivity index (χ4n) is 1.64. The van der Waals surface area contributed by atoms with Crippen LogP contribution in [0.1, 0.15) is 25.3 Å². The van der Waals surface area contributed by atoms with Gasteiger partial charge in [-0.2, -0.15) is 0 Å². The van der Waals surface area contributed by atoms with Gasteiger partial charge in [0.25, 0.3) is 0 Å². The van der Waals surface area contributed by atoms with Crippen LogP contribution in [0, 0.1) is 0 Å². The fourth-order valence-corrected chi connectivity index (χ4v) is 1.64. The third-order valence-corrected chi connectivity index (χ3v) is 2.50. The van der Waals surface area contributed by atoms with Gasteiger partial charge in [0.2, 0.25) is 5.91 Å². The molecule has 98 valence electrons. The molecule has 1 aromatic rings. The Kier molecular flexibility index (Phi) is 5.32. The monoisotopic (exact) mass is 250 g/mol. The normalized spacial score (nSPS) is 11.9. The summed E-state index contributed by atoms with van der Waals surface area (Å²) in [5.74, 6) is -0.938. The highest BCUT2D eigenvalue weighted by Gasteiger charge is 2.07. The van der Waals surface area contributed by atoms with Gasteiger partial charge in [-0.1, -0.05) is 12.1 Å². The summed E-state index contributed by atoms with van der Waals surface area (Å²) in [5.41, 5.74) is 7.61. The number of amides is 1. The van der Waals surface area contributed by atoms with Crippen molar-refractivity contribution in [2.24, 2.45) is 5.73 Å². The number of nitrogens with two attached hydrogens (primary N) is 1. The molecule has 4 N–H and O–H groups in total. The number of carboxylic acids is 1. The van der Waals surface area contributed by atoms with Crippen molar-refractivity contribution in [1.29, 1.82) is 0 Å². The summed E-state index contributed by atoms with van der Waals surface area (Å²) in [5, 5.41) is 11.2. The highest BCUT2D eigenvalue weighted by Crippen LogP contribution is 2.12. The van der Waals surface area contributed by atoms with Crippen molar-refractivity contribution in [1.82, 2.24) is 0 Å². The zero-order valence-electron chi connectivity index (χ0n) is 10.3. The molecule has 1 amide bonds. The summed E-state index contributed by atoms with van der Waals surface area (Å²) in [6.07, 6.45) is 1.18. The molecule has 0 fully saturated rings. The maximum Gasteiger partial charge on any atom is 0.303 e. The Bertz CT molecular complexity index is 415. The van der Waals surface area contributed by atoms with Gasteiger partial charge < -0.3 is 16.2 Å². The number of rotatable bonds is 6. The average molecular weight is 250 g/mol. The molecule has 0 aliphatic rings. The van der Waals surface area contributed by atoms with Crippen molar-refractivity contribution in [2.75, 3.05) is 5.32 Å². The molecule has 0 aliphatic carbocycles. The number of hydrogen-bond donors (Lipinski definition) is 3. The van der Waals surface area contributed by atoms with E-state index in [0.29, 0.717) is 12.8 Å². The third-order valence-electron chi connectivity index (χ3n) is 2.50. The average Bonchev–Trinajstić information content (AvgIpc) is 2.28. The van der Waals surface area contributed by atoms with Gasteiger partial charge in [-0.15, -0.1) is 0 Å². The zero-order valence-corrected chi connectivity index (χ0v) is 10.3. The zero-order chi connectivity index (χ0) is 13.5. The number of carbonyl (C=O) groups is 2. The summed E-state index contributed by atoms with van der Waals surface area (Å²) < 4.78 is 0. The molecule has 1 atom stereocenters. The van der Waals surface area contributed by atoms with Crippen molar-refractivity contribution in [3.05, 3.63) is 29.8 Å². The summed E-state index contributed by atoms with van der Waals surface area (Å²) >= 11 is 0. The summed E-state index contributed by atoms with van der Waals surface area (Å²) in [6, 6.07) is 7.21. The van der Waals surface area contributed by atoms with Crippen LogP contribution in [0.2, 0.25) is 0 Å². The molecule has 0 saturated carbocycles. The van der Waals surface area contributed by atoms with Crippen LogP contribution >= 0.6 is 0 Å². The van der Waals surface area contributed by atoms with E-state index < -0.39 is 5.97 Å². The molecule has 1 aromatic carbocycles. The van der Waals surface area contributed by atoms with Crippen LogP contribution in [0.5, 0.6) is 0 Å². The van der Waals surface area contributed by atoms with Gasteiger partial charge in [0.1, 0.15) is 0 Å². The van der Waals surface area contributed by atoms with Crippen LogP contribution in [0.4, 0.5) is 5.69 Å². The molecule has 0 spiro atoms. The minimum absolute atomic E-state index is 0.0884. The Hall–Kier alpha value is -1.88. The Morgan fingerprint density at radius 2 is 1.94 bits per heavy atom. The lowest BCUT2D eigenvalue weighted by Gasteiger charge is -2.10. The fraction of sp³-hybridized carbons (Fsp3) is 0.385. The van der Waals surface area contributed by atoms with Gasteiger partial charge in [-0.05, 0) is 30.5 Å². The van der Waals surface area contributed by atoms with Crippen LogP contribution in [-0.2, 0) is 16.0 Å². The molecule has 0 radical (unpaired) electrons. The van der Waals surface area contributed by atoms with Gasteiger partial charge in [-0.3, -0.25) is 9.59 Å². The standard InChI is InChI=1S/C13H18N2O3/c1-9(16)15-12-5-2-10(3-6-12)8-11(14)4-7-13(17)18/h2-3,5-6,11H,4,7-8,14H2,1H3,(H,15,16)(H,17,18). The van der Waals surface area contributed by atoms with E-state index in [-0.39, 0.29) is 18.4 Å². The summed E-state index contributed by atoms with van der Waals surface area (Å²) in [6.45, 7) is 1.45. The molecule has 0 aliphatic heterocycles. The Morgan fingerprint density at radius 3 is 2.44 bits per heavy atom. The Balaban J connectivity index is 2.47. The first-order chi connectivity index (χ1) is 8.47. The topological polar surface area (TPSA) is 92.4 Å². The number of carboxylic acid groups (broad SMARTS) is 1. The molecule has 0 bridgehead atoms. The molecule has 18 heavy (non-hydrogen) atoms. The molecule has 5 nitrogen and oxygen atoms in total. The summed E-state index contributed by atoms with van der Waals surface area (Å²) in [7, 11) is 0. The molecular weight excluding hydrogens is 232 g/mol. The summed E-state index contributed by atoms with van der Waals surface area (Å²) in [4.78, 5) is 21.2. The van der Waals surface area contributed by atoms with E-state index in [1.165, 1.54) is 6.92 Å². The van der Waals surface area contributed by atoms with Crippen LogP contribution in [0.15, 0.2) is 24.3 Å². The minimum Gasteiger partial charge on any atom is -0.481 e. The van der Waals surface area contributed by atoms with E-state index in [2.05, 4.69) is 5.32 Å². The first-order valence-electron chi connectivity index (χ1n) is 5.81. The predicted octanol–water partition coefficient (Wildman–Crippen LogP) is 1.38. The van der Waals surface area contributed by atoms with E-state index in [1.807, 2.05) is 12.1 Å². The number of anilines is 1. The number of aliphatic carboxylic acids is 1. The lowest BCUT2D eigenvalue weighted by Crippen LogP contribution is -2.23. The largest absolute Gasteiger partial charge is 0.481 e. The van der Waals surface area contributed by atoms with E-state index in [0.717, 1.165) is 11.3 Å². The van der Waals surface area contributed by atoms with Crippen LogP contribution in [-0.4, -0.2) is 23.0 Å². The number of nitrogens with one attached hydrogen (secondary N) is 1. The van der Waals surface area contributed by atoms with Gasteiger partial charge in [0.15, 0.2) is 0 Å². The number of hydrogen-bond acceptors (Lipinski definition) is 3. The molecular formula is C13H18N2O3. The second kappa shape index (κ2) is 6.76. The second-order valence-electron chi connectivity index (χ2n) is 4.27. The van der Waals surface area contributed by atoms with Crippen LogP contribution in [0.25, 0.3) is 0 Å². The van der Waals surface area contributed by atoms with Crippen molar-refractivity contribution in [3.8, 4) is 0 Å². The molecule has 1 rings (SSSR count). The highest BCUT2D eigenvalue weighted by atomic mass is 16.4. The maximum atomic E-state index is 10.8. The van der Waals surface area contributed by atoms with Gasteiger partial charge in [-0.25, -0.2) is 0 Å². The van der Waals surface area contributed by atoms with E-state index in [1.54, 1.807) is 12.1 Å². The lowest BCUT2D eigenvalue weighted by atomic mass is 10.0. The first-order valence-corrected chi connectivity index (χ1v) is 5.81. The number of benzene rings is 1. The molecule has 0 aromatic heterocycles. The van der Waals surface area contributed by atoms with E-state index in [9.17, 15) is 9.59 Å². The smallest absolute Gasteiger partial charge is 0.303 e. The van der Waals surface area contributed by atoms with Crippen molar-refractivity contribution in [3.63, 3.8) is 0 Å². The number of carbonyl (C=O) groups excluding carboxylic acids is 1. The lowest BCUT2D eigenvalue weighted by molar-refractivity contribution is -0.137. The second-order valence-corrected chi connectivity index (χ2v) is 4.27. The third kappa shape index (κ3) is 5.45. The maximum absolute atomic E-state index is 10.8. The van der Waals surface area contributed by atoms with Crippen molar-refractivity contribution >= 4 is 17.6 Å². The molecule has 5 heteroatoms. The quantitative estimate of drug-likeness (QED) is 0.711. The van der Waals surface area contributed by atoms with Crippen molar-refractivity contribution < 1.29 is 14.7 Å². The molecule has 0 saturated heterocycles. The molecule has 0 heterocycles. The minimum atomic E-state index is -0.827. The highest BCUT2D eigenvalue weighted by molar-refractivity contribution is 5.88. The van der Waals surface area contributed by atoms with Gasteiger partial charge in [0, 0.05) is 25.1 Å². The first kappa shape index (κ1) is 14.2. The van der Waals surface area contributed by atoms with E-state index in [4.69, 9.17) is 10.8 Å². The SMILES string of the molecule is CC(=O)Nc1ccc(CC(N)CCC(=O)O)cc1. The van der Waals surface area contributed by atoms with Gasteiger partial charge in [0.05, 0.1) is 0 Å². The Labute approximate surface area is 106 Å². The van der Waals surface area contributed by atoms with E-state index >= 15 is 0 Å². The van der Waals surface area contributed by atoms with Crippen molar-refractivity contribution in [2.45, 2.75) is 32.2 Å². The van der Waals surface area contributed by atoms with Crippen LogP contribution in [0.3, 0.4) is 0 Å².